The van der Waals surface area contributed by atoms with E-state index < -0.39 is 0 Å². The minimum absolute atomic E-state index is 0.714. The Kier molecular flexibility index (Phi) is 2.15. The molecule has 2 saturated carbocycles. The Morgan fingerprint density at radius 3 is 2.93 bits per heavy atom. The fourth-order valence-electron chi connectivity index (χ4n) is 3.24. The summed E-state index contributed by atoms with van der Waals surface area (Å²) in [5, 5.41) is 3.68. The van der Waals surface area contributed by atoms with Gasteiger partial charge in [0.05, 0.1) is 11.9 Å². The predicted molar refractivity (Wildman–Crippen MR) is 61.8 cm³/mol. The average molecular weight is 202 g/mol. The van der Waals surface area contributed by atoms with E-state index >= 15 is 0 Å². The van der Waals surface area contributed by atoms with Crippen molar-refractivity contribution >= 4 is 5.69 Å². The van der Waals surface area contributed by atoms with Gasteiger partial charge >= 0.3 is 0 Å². The maximum Gasteiger partial charge on any atom is 0.0558 e. The molecule has 0 saturated heterocycles. The van der Waals surface area contributed by atoms with Crippen LogP contribution in [0.25, 0.3) is 0 Å². The first-order valence-corrected chi connectivity index (χ1v) is 6.00. The van der Waals surface area contributed by atoms with Crippen molar-refractivity contribution in [1.82, 2.24) is 4.98 Å². The monoisotopic (exact) mass is 202 g/mol. The Balaban J connectivity index is 1.73. The highest BCUT2D eigenvalue weighted by Crippen LogP contribution is 2.45. The number of hydrogen-bond acceptors (Lipinski definition) is 2. The van der Waals surface area contributed by atoms with E-state index in [1.54, 1.807) is 0 Å². The van der Waals surface area contributed by atoms with Crippen molar-refractivity contribution in [3.63, 3.8) is 0 Å². The molecule has 80 valence electrons. The van der Waals surface area contributed by atoms with Crippen molar-refractivity contribution in [2.75, 3.05) is 5.32 Å². The van der Waals surface area contributed by atoms with Crippen LogP contribution < -0.4 is 5.32 Å². The smallest absolute Gasteiger partial charge is 0.0558 e. The molecule has 0 unspecified atom stereocenters. The van der Waals surface area contributed by atoms with Crippen LogP contribution in [-0.2, 0) is 0 Å². The van der Waals surface area contributed by atoms with Crippen LogP contribution in [0.5, 0.6) is 0 Å². The molecule has 0 radical (unpaired) electrons. The largest absolute Gasteiger partial charge is 0.381 e. The van der Waals surface area contributed by atoms with E-state index in [4.69, 9.17) is 0 Å². The number of rotatable bonds is 2. The number of pyridine rings is 1. The van der Waals surface area contributed by atoms with Crippen LogP contribution in [-0.4, -0.2) is 11.0 Å². The van der Waals surface area contributed by atoms with Crippen molar-refractivity contribution in [2.24, 2.45) is 11.8 Å². The van der Waals surface area contributed by atoms with Gasteiger partial charge in [0.15, 0.2) is 0 Å². The third-order valence-corrected chi connectivity index (χ3v) is 4.12. The Bertz CT molecular complexity index is 361. The van der Waals surface area contributed by atoms with Gasteiger partial charge in [0.25, 0.3) is 0 Å². The van der Waals surface area contributed by atoms with Crippen LogP contribution in [0.1, 0.15) is 31.2 Å². The number of anilines is 1. The number of nitrogens with zero attached hydrogens (tertiary/aromatic N) is 1. The second-order valence-electron chi connectivity index (χ2n) is 5.12. The molecular formula is C13H18N2. The first-order valence-electron chi connectivity index (χ1n) is 6.00. The summed E-state index contributed by atoms with van der Waals surface area (Å²) in [6.45, 7) is 2.15. The lowest BCUT2D eigenvalue weighted by Crippen LogP contribution is -2.26. The molecule has 3 rings (SSSR count). The fourth-order valence-corrected chi connectivity index (χ4v) is 3.24. The molecule has 15 heavy (non-hydrogen) atoms. The lowest BCUT2D eigenvalue weighted by Gasteiger charge is -2.24. The highest BCUT2D eigenvalue weighted by atomic mass is 15.0. The minimum atomic E-state index is 0.714. The topological polar surface area (TPSA) is 24.9 Å². The quantitative estimate of drug-likeness (QED) is 0.797. The standard InChI is InChI=1S/C13H18N2/c1-9-4-5-14-8-13(9)15-12-7-10-2-3-11(12)6-10/h4-5,8,10-12,15H,2-3,6-7H2,1H3/t10-,11+,12+/m0/s1. The molecule has 1 aromatic rings. The van der Waals surface area contributed by atoms with Crippen LogP contribution in [0.2, 0.25) is 0 Å². The molecule has 1 aromatic heterocycles. The SMILES string of the molecule is Cc1ccncc1N[C@@H]1C[C@H]2CC[C@@H]1C2. The van der Waals surface area contributed by atoms with Gasteiger partial charge in [-0.2, -0.15) is 0 Å². The molecule has 0 spiro atoms. The van der Waals surface area contributed by atoms with Gasteiger partial charge in [0.2, 0.25) is 0 Å². The van der Waals surface area contributed by atoms with Crippen molar-refractivity contribution < 1.29 is 0 Å². The number of aryl methyl sites for hydroxylation is 1. The van der Waals surface area contributed by atoms with Crippen LogP contribution in [0.4, 0.5) is 5.69 Å². The zero-order valence-corrected chi connectivity index (χ0v) is 9.24. The second-order valence-corrected chi connectivity index (χ2v) is 5.12. The van der Waals surface area contributed by atoms with Gasteiger partial charge in [0, 0.05) is 12.2 Å². The van der Waals surface area contributed by atoms with Crippen molar-refractivity contribution in [1.29, 1.82) is 0 Å². The molecule has 2 heteroatoms. The number of fused-ring (bicyclic) bond motifs is 2. The molecule has 1 N–H and O–H groups in total. The van der Waals surface area contributed by atoms with Crippen molar-refractivity contribution in [3.05, 3.63) is 24.0 Å². The normalized spacial score (nSPS) is 33.3. The number of hydrogen-bond donors (Lipinski definition) is 1. The summed E-state index contributed by atoms with van der Waals surface area (Å²) >= 11 is 0. The van der Waals surface area contributed by atoms with Gasteiger partial charge in [-0.1, -0.05) is 6.42 Å². The maximum absolute atomic E-state index is 4.19. The average Bonchev–Trinajstić information content (AvgIpc) is 2.83. The summed E-state index contributed by atoms with van der Waals surface area (Å²) in [5.74, 6) is 1.93. The molecule has 2 fully saturated rings. The maximum atomic E-state index is 4.19. The Morgan fingerprint density at radius 1 is 1.33 bits per heavy atom. The Labute approximate surface area is 91.1 Å². The third-order valence-electron chi connectivity index (χ3n) is 4.12. The number of aromatic nitrogens is 1. The van der Waals surface area contributed by atoms with Gasteiger partial charge in [-0.25, -0.2) is 0 Å². The number of nitrogens with one attached hydrogen (secondary N) is 1. The molecule has 2 bridgehead atoms. The lowest BCUT2D eigenvalue weighted by molar-refractivity contribution is 0.439. The molecule has 0 aliphatic heterocycles. The van der Waals surface area contributed by atoms with E-state index in [-0.39, 0.29) is 0 Å². The summed E-state index contributed by atoms with van der Waals surface area (Å²) in [5.41, 5.74) is 2.54. The van der Waals surface area contributed by atoms with Crippen molar-refractivity contribution in [2.45, 2.75) is 38.6 Å². The molecule has 0 amide bonds. The molecular weight excluding hydrogens is 184 g/mol. The van der Waals surface area contributed by atoms with Crippen LogP contribution in [0, 0.1) is 18.8 Å². The van der Waals surface area contributed by atoms with E-state index in [2.05, 4.69) is 23.3 Å². The summed E-state index contributed by atoms with van der Waals surface area (Å²) in [6.07, 6.45) is 9.55. The van der Waals surface area contributed by atoms with E-state index in [0.717, 1.165) is 11.8 Å². The summed E-state index contributed by atoms with van der Waals surface area (Å²) in [6, 6.07) is 2.79. The van der Waals surface area contributed by atoms with Crippen LogP contribution in [0.3, 0.4) is 0 Å². The van der Waals surface area contributed by atoms with E-state index in [1.807, 2.05) is 12.4 Å². The van der Waals surface area contributed by atoms with E-state index in [1.165, 1.54) is 36.9 Å². The first kappa shape index (κ1) is 9.20. The fraction of sp³-hybridized carbons (Fsp3) is 0.615. The molecule has 2 aliphatic rings. The summed E-state index contributed by atoms with van der Waals surface area (Å²) in [7, 11) is 0. The molecule has 2 aliphatic carbocycles. The molecule has 1 heterocycles. The molecule has 3 atom stereocenters. The van der Waals surface area contributed by atoms with Crippen LogP contribution in [0.15, 0.2) is 18.5 Å². The van der Waals surface area contributed by atoms with Gasteiger partial charge in [-0.05, 0) is 49.7 Å². The van der Waals surface area contributed by atoms with Crippen molar-refractivity contribution in [3.8, 4) is 0 Å². The van der Waals surface area contributed by atoms with Crippen LogP contribution >= 0.6 is 0 Å². The summed E-state index contributed by atoms with van der Waals surface area (Å²) < 4.78 is 0. The highest BCUT2D eigenvalue weighted by Gasteiger charge is 2.39. The lowest BCUT2D eigenvalue weighted by atomic mass is 9.95. The van der Waals surface area contributed by atoms with Gasteiger partial charge < -0.3 is 5.32 Å². The zero-order chi connectivity index (χ0) is 10.3. The summed E-state index contributed by atoms with van der Waals surface area (Å²) in [4.78, 5) is 4.19. The molecule has 0 aromatic carbocycles. The third kappa shape index (κ3) is 1.62. The minimum Gasteiger partial charge on any atom is -0.381 e. The highest BCUT2D eigenvalue weighted by molar-refractivity contribution is 5.49. The Hall–Kier alpha value is -1.05. The Morgan fingerprint density at radius 2 is 2.27 bits per heavy atom. The van der Waals surface area contributed by atoms with Gasteiger partial charge in [-0.3, -0.25) is 4.98 Å². The zero-order valence-electron chi connectivity index (χ0n) is 9.24. The van der Waals surface area contributed by atoms with Gasteiger partial charge in [0.1, 0.15) is 0 Å². The predicted octanol–water partition coefficient (Wildman–Crippen LogP) is 2.99. The van der Waals surface area contributed by atoms with E-state index in [9.17, 15) is 0 Å². The van der Waals surface area contributed by atoms with E-state index in [0.29, 0.717) is 6.04 Å². The second kappa shape index (κ2) is 3.51. The van der Waals surface area contributed by atoms with Gasteiger partial charge in [-0.15, -0.1) is 0 Å². The molecule has 2 nitrogen and oxygen atoms in total. The first-order chi connectivity index (χ1) is 7.33.